The SMILES string of the molecule is CCC(C)C(C(CC(=O)N1CCCC1C(OC)C(C)C(=O)NC)OC)N(C)C(=O)C(C)/N=C(\N(C)C)N1CCNCC1. The smallest absolute Gasteiger partial charge is 0.247 e. The quantitative estimate of drug-likeness (QED) is 0.238. The summed E-state index contributed by atoms with van der Waals surface area (Å²) in [4.78, 5) is 52.6. The number of ether oxygens (including phenoxy) is 2. The van der Waals surface area contributed by atoms with Crippen LogP contribution < -0.4 is 10.6 Å². The van der Waals surface area contributed by atoms with Gasteiger partial charge in [-0.05, 0) is 25.7 Å². The highest BCUT2D eigenvalue weighted by molar-refractivity contribution is 5.87. The van der Waals surface area contributed by atoms with E-state index < -0.39 is 24.2 Å². The molecule has 0 spiro atoms. The van der Waals surface area contributed by atoms with Crippen molar-refractivity contribution in [2.24, 2.45) is 16.8 Å². The van der Waals surface area contributed by atoms with Gasteiger partial charge in [0.05, 0.1) is 36.6 Å². The van der Waals surface area contributed by atoms with Crippen LogP contribution in [0.1, 0.15) is 53.4 Å². The standard InChI is InChI=1S/C30H57N7O5/c1-11-20(2)26(35(8)29(40)22(4)33-30(34(6)7)36-17-14-32-15-18-36)24(41-9)19-25(38)37-16-12-13-23(37)27(42-10)21(3)28(39)31-5/h20-24,26-27,32H,11-19H2,1-10H3,(H,31,39)/b33-30+. The van der Waals surface area contributed by atoms with Gasteiger partial charge in [0.2, 0.25) is 17.7 Å². The van der Waals surface area contributed by atoms with E-state index in [1.165, 1.54) is 0 Å². The van der Waals surface area contributed by atoms with Crippen molar-refractivity contribution in [3.63, 3.8) is 0 Å². The van der Waals surface area contributed by atoms with Crippen LogP contribution in [0.2, 0.25) is 0 Å². The maximum absolute atomic E-state index is 13.8. The predicted octanol–water partition coefficient (Wildman–Crippen LogP) is 0.864. The van der Waals surface area contributed by atoms with Crippen LogP contribution in [0.5, 0.6) is 0 Å². The number of carbonyl (C=O) groups excluding carboxylic acids is 3. The van der Waals surface area contributed by atoms with Gasteiger partial charge in [0.15, 0.2) is 5.96 Å². The van der Waals surface area contributed by atoms with Gasteiger partial charge in [-0.2, -0.15) is 0 Å². The van der Waals surface area contributed by atoms with Crippen LogP contribution in [0.25, 0.3) is 0 Å². The molecule has 2 aliphatic heterocycles. The number of hydrogen-bond acceptors (Lipinski definition) is 7. The maximum atomic E-state index is 13.8. The largest absolute Gasteiger partial charge is 0.379 e. The Morgan fingerprint density at radius 2 is 1.69 bits per heavy atom. The van der Waals surface area contributed by atoms with Gasteiger partial charge in [-0.15, -0.1) is 0 Å². The number of methoxy groups -OCH3 is 2. The summed E-state index contributed by atoms with van der Waals surface area (Å²) in [5.41, 5.74) is 0. The third kappa shape index (κ3) is 8.79. The minimum Gasteiger partial charge on any atom is -0.379 e. The van der Waals surface area contributed by atoms with Gasteiger partial charge in [0.1, 0.15) is 6.04 Å². The number of guanidine groups is 1. The fraction of sp³-hybridized carbons (Fsp3) is 0.867. The van der Waals surface area contributed by atoms with E-state index in [9.17, 15) is 14.4 Å². The van der Waals surface area contributed by atoms with Gasteiger partial charge in [0.25, 0.3) is 0 Å². The van der Waals surface area contributed by atoms with Gasteiger partial charge >= 0.3 is 0 Å². The molecule has 42 heavy (non-hydrogen) atoms. The second-order valence-electron chi connectivity index (χ2n) is 11.9. The number of nitrogens with zero attached hydrogens (tertiary/aromatic N) is 5. The van der Waals surface area contributed by atoms with Crippen molar-refractivity contribution >= 4 is 23.7 Å². The van der Waals surface area contributed by atoms with Crippen molar-refractivity contribution in [2.75, 3.05) is 75.1 Å². The van der Waals surface area contributed by atoms with Crippen LogP contribution in [-0.2, 0) is 23.9 Å². The second-order valence-corrected chi connectivity index (χ2v) is 11.9. The highest BCUT2D eigenvalue weighted by atomic mass is 16.5. The maximum Gasteiger partial charge on any atom is 0.247 e. The topological polar surface area (TPSA) is 119 Å². The first-order valence-electron chi connectivity index (χ1n) is 15.5. The monoisotopic (exact) mass is 595 g/mol. The van der Waals surface area contributed by atoms with Crippen LogP contribution in [-0.4, -0.2) is 149 Å². The average molecular weight is 596 g/mol. The Morgan fingerprint density at radius 1 is 1.05 bits per heavy atom. The molecule has 2 aliphatic rings. The normalized spacial score (nSPS) is 22.1. The van der Waals surface area contributed by atoms with E-state index in [4.69, 9.17) is 14.5 Å². The molecule has 0 aromatic heterocycles. The summed E-state index contributed by atoms with van der Waals surface area (Å²) >= 11 is 0. The molecule has 2 heterocycles. The van der Waals surface area contributed by atoms with E-state index in [0.29, 0.717) is 6.54 Å². The molecule has 2 rings (SSSR count). The van der Waals surface area contributed by atoms with Crippen molar-refractivity contribution in [1.29, 1.82) is 0 Å². The molecule has 2 N–H and O–H groups in total. The lowest BCUT2D eigenvalue weighted by Crippen LogP contribution is -2.54. The fourth-order valence-corrected chi connectivity index (χ4v) is 6.40. The number of piperazine rings is 1. The van der Waals surface area contributed by atoms with Crippen molar-refractivity contribution in [3.05, 3.63) is 0 Å². The van der Waals surface area contributed by atoms with E-state index in [1.54, 1.807) is 33.2 Å². The minimum atomic E-state index is -0.598. The Hall–Kier alpha value is -2.44. The molecule has 3 amide bonds. The van der Waals surface area contributed by atoms with Crippen molar-refractivity contribution in [1.82, 2.24) is 30.2 Å². The van der Waals surface area contributed by atoms with Crippen molar-refractivity contribution in [3.8, 4) is 0 Å². The summed E-state index contributed by atoms with van der Waals surface area (Å²) in [5.74, 6) is 0.209. The highest BCUT2D eigenvalue weighted by Crippen LogP contribution is 2.29. The third-order valence-corrected chi connectivity index (χ3v) is 8.97. The molecule has 7 atom stereocenters. The molecular formula is C30H57N7O5. The Labute approximate surface area is 253 Å². The molecule has 0 aromatic carbocycles. The van der Waals surface area contributed by atoms with Gasteiger partial charge in [0, 0.05) is 75.1 Å². The number of aliphatic imine (C=N–C) groups is 1. The van der Waals surface area contributed by atoms with Gasteiger partial charge < -0.3 is 39.7 Å². The molecule has 2 fully saturated rings. The van der Waals surface area contributed by atoms with Crippen LogP contribution >= 0.6 is 0 Å². The number of likely N-dealkylation sites (tertiary alicyclic amines) is 1. The summed E-state index contributed by atoms with van der Waals surface area (Å²) in [7, 11) is 10.5. The zero-order valence-electron chi connectivity index (χ0n) is 27.7. The number of nitrogens with one attached hydrogen (secondary N) is 2. The van der Waals surface area contributed by atoms with E-state index in [1.807, 2.05) is 37.7 Å². The molecular weight excluding hydrogens is 538 g/mol. The molecule has 242 valence electrons. The summed E-state index contributed by atoms with van der Waals surface area (Å²) < 4.78 is 11.7. The highest BCUT2D eigenvalue weighted by Gasteiger charge is 2.42. The summed E-state index contributed by atoms with van der Waals surface area (Å²) in [6.07, 6.45) is 1.65. The van der Waals surface area contributed by atoms with Crippen molar-refractivity contribution < 1.29 is 23.9 Å². The number of rotatable bonds is 13. The number of likely N-dealkylation sites (N-methyl/N-ethyl adjacent to an activating group) is 1. The fourth-order valence-electron chi connectivity index (χ4n) is 6.40. The molecule has 2 saturated heterocycles. The van der Waals surface area contributed by atoms with Crippen LogP contribution in [0.3, 0.4) is 0 Å². The number of amides is 3. The average Bonchev–Trinajstić information content (AvgIpc) is 3.48. The first-order chi connectivity index (χ1) is 19.9. The molecule has 0 radical (unpaired) electrons. The van der Waals surface area contributed by atoms with Crippen LogP contribution in [0, 0.1) is 11.8 Å². The van der Waals surface area contributed by atoms with Gasteiger partial charge in [-0.1, -0.05) is 27.2 Å². The molecule has 0 aliphatic carbocycles. The second kappa shape index (κ2) is 17.0. The van der Waals surface area contributed by atoms with E-state index in [2.05, 4.69) is 29.4 Å². The van der Waals surface area contributed by atoms with E-state index in [0.717, 1.165) is 51.4 Å². The first kappa shape index (κ1) is 35.8. The van der Waals surface area contributed by atoms with Gasteiger partial charge in [-0.3, -0.25) is 14.4 Å². The molecule has 0 bridgehead atoms. The summed E-state index contributed by atoms with van der Waals surface area (Å²) in [5, 5.41) is 6.05. The van der Waals surface area contributed by atoms with Gasteiger partial charge in [-0.25, -0.2) is 4.99 Å². The Bertz CT molecular complexity index is 910. The number of hydrogen-bond donors (Lipinski definition) is 2. The summed E-state index contributed by atoms with van der Waals surface area (Å²) in [6.45, 7) is 11.9. The Morgan fingerprint density at radius 3 is 2.21 bits per heavy atom. The van der Waals surface area contributed by atoms with Crippen LogP contribution in [0.4, 0.5) is 0 Å². The lowest BCUT2D eigenvalue weighted by atomic mass is 9.90. The zero-order valence-corrected chi connectivity index (χ0v) is 27.7. The predicted molar refractivity (Wildman–Crippen MR) is 165 cm³/mol. The Kier molecular flexibility index (Phi) is 14.5. The summed E-state index contributed by atoms with van der Waals surface area (Å²) in [6, 6.07) is -1.11. The molecule has 0 saturated carbocycles. The molecule has 0 aromatic rings. The molecule has 7 unspecified atom stereocenters. The van der Waals surface area contributed by atoms with Crippen molar-refractivity contribution in [2.45, 2.75) is 83.7 Å². The third-order valence-electron chi connectivity index (χ3n) is 8.97. The lowest BCUT2D eigenvalue weighted by molar-refractivity contribution is -0.146. The van der Waals surface area contributed by atoms with E-state index in [-0.39, 0.29) is 42.1 Å². The molecule has 12 heteroatoms. The minimum absolute atomic E-state index is 0.0515. The molecule has 12 nitrogen and oxygen atoms in total. The zero-order chi connectivity index (χ0) is 31.6. The number of carbonyl (C=O) groups is 3. The van der Waals surface area contributed by atoms with Crippen LogP contribution in [0.15, 0.2) is 4.99 Å². The Balaban J connectivity index is 2.25. The van der Waals surface area contributed by atoms with E-state index >= 15 is 0 Å². The first-order valence-corrected chi connectivity index (χ1v) is 15.5. The lowest BCUT2D eigenvalue weighted by Gasteiger charge is -2.40.